The maximum absolute atomic E-state index is 12.4. The third-order valence-electron chi connectivity index (χ3n) is 5.33. The largest absolute Gasteiger partial charge is 0.493 e. The van der Waals surface area contributed by atoms with Gasteiger partial charge in [-0.1, -0.05) is 12.1 Å². The summed E-state index contributed by atoms with van der Waals surface area (Å²) in [5, 5.41) is 0. The van der Waals surface area contributed by atoms with Crippen LogP contribution in [0.2, 0.25) is 0 Å². The molecule has 1 amide bonds. The third kappa shape index (κ3) is 3.62. The molecule has 3 heterocycles. The summed E-state index contributed by atoms with van der Waals surface area (Å²) in [6.07, 6.45) is -0.351. The topological polar surface area (TPSA) is 64.1 Å². The molecule has 0 spiro atoms. The number of aromatic nitrogens is 1. The molecule has 1 aromatic heterocycles. The number of pyridine rings is 1. The number of fused-ring (bicyclic) bond motifs is 1. The molecule has 0 N–H and O–H groups in total. The van der Waals surface area contributed by atoms with Gasteiger partial charge in [0.1, 0.15) is 6.10 Å². The van der Waals surface area contributed by atoms with Crippen LogP contribution in [0.15, 0.2) is 36.4 Å². The fourth-order valence-corrected chi connectivity index (χ4v) is 3.98. The second-order valence-electron chi connectivity index (χ2n) is 7.27. The number of rotatable bonds is 6. The van der Waals surface area contributed by atoms with Crippen molar-refractivity contribution in [3.63, 3.8) is 0 Å². The molecule has 2 aliphatic rings. The van der Waals surface area contributed by atoms with Crippen LogP contribution in [-0.4, -0.2) is 60.3 Å². The van der Waals surface area contributed by atoms with Crippen molar-refractivity contribution >= 4 is 6.09 Å². The molecule has 0 saturated carbocycles. The van der Waals surface area contributed by atoms with Crippen molar-refractivity contribution in [3.8, 4) is 11.5 Å². The summed E-state index contributed by atoms with van der Waals surface area (Å²) in [6.45, 7) is 4.75. The van der Waals surface area contributed by atoms with Gasteiger partial charge in [-0.2, -0.15) is 0 Å². The molecule has 7 nitrogen and oxygen atoms in total. The standard InChI is InChI=1S/C21H25N3O4/c1-14-5-4-6-16(22-14)11-23-12-17-20(13-23)28-21(25)24(17)10-15-7-8-18(26-2)19(9-15)27-3/h4-9,17,20H,10-13H2,1-3H3/t17-,20+/m1/s1. The van der Waals surface area contributed by atoms with E-state index in [1.54, 1.807) is 14.2 Å². The van der Waals surface area contributed by atoms with E-state index in [0.29, 0.717) is 18.0 Å². The van der Waals surface area contributed by atoms with Crippen molar-refractivity contribution in [2.75, 3.05) is 27.3 Å². The van der Waals surface area contributed by atoms with Crippen LogP contribution >= 0.6 is 0 Å². The summed E-state index contributed by atoms with van der Waals surface area (Å²) in [4.78, 5) is 21.1. The Kier molecular flexibility index (Phi) is 5.09. The molecule has 0 unspecified atom stereocenters. The number of ether oxygens (including phenoxy) is 3. The number of carbonyl (C=O) groups excluding carboxylic acids is 1. The van der Waals surface area contributed by atoms with Gasteiger partial charge in [0, 0.05) is 31.9 Å². The number of nitrogens with zero attached hydrogens (tertiary/aromatic N) is 3. The van der Waals surface area contributed by atoms with Crippen LogP contribution in [0.1, 0.15) is 17.0 Å². The summed E-state index contributed by atoms with van der Waals surface area (Å²) in [7, 11) is 3.21. The first-order chi connectivity index (χ1) is 13.6. The van der Waals surface area contributed by atoms with Crippen molar-refractivity contribution in [2.24, 2.45) is 0 Å². The number of amides is 1. The van der Waals surface area contributed by atoms with Crippen molar-refractivity contribution in [2.45, 2.75) is 32.2 Å². The minimum absolute atomic E-state index is 0.0467. The first-order valence-corrected chi connectivity index (χ1v) is 9.40. The van der Waals surface area contributed by atoms with E-state index in [4.69, 9.17) is 14.2 Å². The van der Waals surface area contributed by atoms with Gasteiger partial charge in [-0.05, 0) is 36.8 Å². The summed E-state index contributed by atoms with van der Waals surface area (Å²) in [5.74, 6) is 1.33. The fraction of sp³-hybridized carbons (Fsp3) is 0.429. The highest BCUT2D eigenvalue weighted by Gasteiger charge is 2.47. The predicted molar refractivity (Wildman–Crippen MR) is 103 cm³/mol. The summed E-state index contributed by atoms with van der Waals surface area (Å²) in [6, 6.07) is 11.8. The van der Waals surface area contributed by atoms with Gasteiger partial charge in [-0.15, -0.1) is 0 Å². The van der Waals surface area contributed by atoms with E-state index in [2.05, 4.69) is 9.88 Å². The van der Waals surface area contributed by atoms with Crippen LogP contribution in [0.4, 0.5) is 4.79 Å². The number of hydrogen-bond donors (Lipinski definition) is 0. The SMILES string of the molecule is COc1ccc(CN2C(=O)O[C@H]3CN(Cc4cccc(C)n4)C[C@H]32)cc1OC. The molecule has 4 rings (SSSR count). The molecule has 2 aliphatic heterocycles. The van der Waals surface area contributed by atoms with E-state index >= 15 is 0 Å². The monoisotopic (exact) mass is 383 g/mol. The van der Waals surface area contributed by atoms with Crippen LogP contribution in [0.3, 0.4) is 0 Å². The first kappa shape index (κ1) is 18.6. The van der Waals surface area contributed by atoms with Gasteiger partial charge in [-0.25, -0.2) is 4.79 Å². The number of hydrogen-bond acceptors (Lipinski definition) is 6. The second kappa shape index (κ2) is 7.67. The van der Waals surface area contributed by atoms with Crippen molar-refractivity contribution < 1.29 is 19.0 Å². The zero-order chi connectivity index (χ0) is 19.7. The minimum Gasteiger partial charge on any atom is -0.493 e. The average molecular weight is 383 g/mol. The maximum Gasteiger partial charge on any atom is 0.410 e. The highest BCUT2D eigenvalue weighted by molar-refractivity contribution is 5.71. The lowest BCUT2D eigenvalue weighted by atomic mass is 10.1. The molecule has 0 bridgehead atoms. The fourth-order valence-electron chi connectivity index (χ4n) is 3.98. The number of methoxy groups -OCH3 is 2. The third-order valence-corrected chi connectivity index (χ3v) is 5.33. The van der Waals surface area contributed by atoms with Crippen LogP contribution in [0, 0.1) is 6.92 Å². The van der Waals surface area contributed by atoms with Gasteiger partial charge >= 0.3 is 6.09 Å². The molecular formula is C21H25N3O4. The second-order valence-corrected chi connectivity index (χ2v) is 7.27. The molecule has 2 atom stereocenters. The highest BCUT2D eigenvalue weighted by atomic mass is 16.6. The first-order valence-electron chi connectivity index (χ1n) is 9.40. The van der Waals surface area contributed by atoms with E-state index in [-0.39, 0.29) is 18.2 Å². The van der Waals surface area contributed by atoms with E-state index in [1.165, 1.54) is 0 Å². The molecule has 2 saturated heterocycles. The lowest BCUT2D eigenvalue weighted by Gasteiger charge is -2.23. The average Bonchev–Trinajstić information content (AvgIpc) is 3.19. The quantitative estimate of drug-likeness (QED) is 0.764. The molecular weight excluding hydrogens is 358 g/mol. The number of carbonyl (C=O) groups is 1. The Morgan fingerprint density at radius 1 is 1.11 bits per heavy atom. The van der Waals surface area contributed by atoms with Crippen LogP contribution < -0.4 is 9.47 Å². The minimum atomic E-state index is -0.252. The van der Waals surface area contributed by atoms with Gasteiger partial charge in [0.25, 0.3) is 0 Å². The van der Waals surface area contributed by atoms with Gasteiger partial charge in [0.15, 0.2) is 11.5 Å². The summed E-state index contributed by atoms with van der Waals surface area (Å²) < 4.78 is 16.3. The zero-order valence-corrected chi connectivity index (χ0v) is 16.4. The van der Waals surface area contributed by atoms with E-state index in [9.17, 15) is 4.79 Å². The Morgan fingerprint density at radius 3 is 2.68 bits per heavy atom. The Labute approximate surface area is 164 Å². The highest BCUT2D eigenvalue weighted by Crippen LogP contribution is 2.32. The molecule has 7 heteroatoms. The molecule has 28 heavy (non-hydrogen) atoms. The molecule has 2 fully saturated rings. The van der Waals surface area contributed by atoms with Crippen LogP contribution in [-0.2, 0) is 17.8 Å². The van der Waals surface area contributed by atoms with Gasteiger partial charge < -0.3 is 14.2 Å². The van der Waals surface area contributed by atoms with E-state index < -0.39 is 0 Å². The van der Waals surface area contributed by atoms with Crippen LogP contribution in [0.25, 0.3) is 0 Å². The van der Waals surface area contributed by atoms with Crippen LogP contribution in [0.5, 0.6) is 11.5 Å². The van der Waals surface area contributed by atoms with Gasteiger partial charge in [-0.3, -0.25) is 14.8 Å². The Hall–Kier alpha value is -2.80. The molecule has 148 valence electrons. The van der Waals surface area contributed by atoms with Gasteiger partial charge in [0.05, 0.1) is 26.0 Å². The number of benzene rings is 1. The summed E-state index contributed by atoms with van der Waals surface area (Å²) in [5.41, 5.74) is 3.03. The maximum atomic E-state index is 12.4. The number of aryl methyl sites for hydroxylation is 1. The van der Waals surface area contributed by atoms with E-state index in [0.717, 1.165) is 36.6 Å². The summed E-state index contributed by atoms with van der Waals surface area (Å²) >= 11 is 0. The molecule has 1 aromatic carbocycles. The lowest BCUT2D eigenvalue weighted by molar-refractivity contribution is 0.119. The molecule has 0 aliphatic carbocycles. The van der Waals surface area contributed by atoms with Gasteiger partial charge in [0.2, 0.25) is 0 Å². The number of likely N-dealkylation sites (tertiary alicyclic amines) is 1. The van der Waals surface area contributed by atoms with Crippen molar-refractivity contribution in [1.82, 2.24) is 14.8 Å². The lowest BCUT2D eigenvalue weighted by Crippen LogP contribution is -2.37. The predicted octanol–water partition coefficient (Wildman–Crippen LogP) is 2.61. The van der Waals surface area contributed by atoms with E-state index in [1.807, 2.05) is 48.2 Å². The zero-order valence-electron chi connectivity index (χ0n) is 16.4. The normalized spacial score (nSPS) is 21.5. The molecule has 2 aromatic rings. The molecule has 0 radical (unpaired) electrons. The smallest absolute Gasteiger partial charge is 0.410 e. The van der Waals surface area contributed by atoms with Crippen molar-refractivity contribution in [3.05, 3.63) is 53.3 Å². The Bertz CT molecular complexity index is 872. The Balaban J connectivity index is 1.45. The van der Waals surface area contributed by atoms with Crippen molar-refractivity contribution in [1.29, 1.82) is 0 Å². The Morgan fingerprint density at radius 2 is 1.93 bits per heavy atom.